The van der Waals surface area contributed by atoms with Gasteiger partial charge in [0.2, 0.25) is 5.91 Å². The van der Waals surface area contributed by atoms with E-state index in [2.05, 4.69) is 23.3 Å². The van der Waals surface area contributed by atoms with Gasteiger partial charge in [-0.15, -0.1) is 0 Å². The van der Waals surface area contributed by atoms with Crippen LogP contribution >= 0.6 is 11.8 Å². The van der Waals surface area contributed by atoms with Crippen LogP contribution in [0.25, 0.3) is 0 Å². The van der Waals surface area contributed by atoms with Crippen molar-refractivity contribution in [3.05, 3.63) is 35.1 Å². The van der Waals surface area contributed by atoms with Gasteiger partial charge < -0.3 is 5.32 Å². The highest BCUT2D eigenvalue weighted by molar-refractivity contribution is 8.14. The molecule has 1 aromatic rings. The van der Waals surface area contributed by atoms with Crippen molar-refractivity contribution in [2.75, 3.05) is 12.3 Å². The fourth-order valence-electron chi connectivity index (χ4n) is 7.02. The van der Waals surface area contributed by atoms with Crippen molar-refractivity contribution in [2.45, 2.75) is 64.2 Å². The molecule has 1 aromatic carbocycles. The zero-order chi connectivity index (χ0) is 21.6. The minimum atomic E-state index is -0.242. The summed E-state index contributed by atoms with van der Waals surface area (Å²) in [6, 6.07) is 5.53. The Labute approximate surface area is 187 Å². The number of nitrogens with zero attached hydrogens (tertiary/aromatic N) is 1. The zero-order valence-corrected chi connectivity index (χ0v) is 19.0. The average Bonchev–Trinajstić information content (AvgIpc) is 3.34. The lowest BCUT2D eigenvalue weighted by Crippen LogP contribution is -2.44. The Kier molecular flexibility index (Phi) is 5.70. The summed E-state index contributed by atoms with van der Waals surface area (Å²) in [6.07, 6.45) is 6.48. The molecular weight excluding hydrogens is 411 g/mol. The maximum atomic E-state index is 14.4. The van der Waals surface area contributed by atoms with E-state index < -0.39 is 0 Å². The molecule has 6 heteroatoms. The number of ketones is 1. The standard InChI is InChI=1S/C25H31FN2O2S/c1-25-11-10-17-16-5-3-6-20(26)18(16)8-9-19(17)23(25)15(14-21(25)29)4-2-7-22(30)28-24-27-12-13-31-24/h3,5-6,15,17,19,23H,2,4,7-14H2,1H3,(H,27,28,30)/t15-,17?,19?,23?,25-/m1/s1. The number of halogens is 1. The van der Waals surface area contributed by atoms with Crippen LogP contribution in [0.2, 0.25) is 0 Å². The van der Waals surface area contributed by atoms with Crippen molar-refractivity contribution in [1.29, 1.82) is 0 Å². The van der Waals surface area contributed by atoms with Crippen molar-refractivity contribution >= 4 is 28.6 Å². The van der Waals surface area contributed by atoms with E-state index >= 15 is 0 Å². The molecule has 0 radical (unpaired) electrons. The first-order valence-electron chi connectivity index (χ1n) is 11.7. The molecule has 1 amide bonds. The third-order valence-electron chi connectivity index (χ3n) is 8.37. The van der Waals surface area contributed by atoms with E-state index in [-0.39, 0.29) is 17.1 Å². The summed E-state index contributed by atoms with van der Waals surface area (Å²) in [5, 5.41) is 3.66. The number of benzene rings is 1. The SMILES string of the molecule is C[C@]12CCC3c4cccc(F)c4CCC3C1[C@H](CCCC(=O)NC1=NCCS1)CC2=O. The average molecular weight is 443 g/mol. The summed E-state index contributed by atoms with van der Waals surface area (Å²) in [6.45, 7) is 2.96. The number of rotatable bonds is 4. The van der Waals surface area contributed by atoms with E-state index in [9.17, 15) is 14.0 Å². The fourth-order valence-corrected chi connectivity index (χ4v) is 7.76. The van der Waals surface area contributed by atoms with Crippen LogP contribution in [0.3, 0.4) is 0 Å². The minimum Gasteiger partial charge on any atom is -0.305 e. The second-order valence-corrected chi connectivity index (χ2v) is 11.0. The van der Waals surface area contributed by atoms with Crippen LogP contribution in [0.4, 0.5) is 4.39 Å². The van der Waals surface area contributed by atoms with Crippen LogP contribution in [-0.4, -0.2) is 29.2 Å². The Morgan fingerprint density at radius 1 is 1.35 bits per heavy atom. The largest absolute Gasteiger partial charge is 0.305 e. The van der Waals surface area contributed by atoms with Gasteiger partial charge in [-0.2, -0.15) is 0 Å². The smallest absolute Gasteiger partial charge is 0.225 e. The van der Waals surface area contributed by atoms with E-state index in [1.165, 1.54) is 5.56 Å². The van der Waals surface area contributed by atoms with E-state index in [0.717, 1.165) is 61.6 Å². The molecule has 166 valence electrons. The van der Waals surface area contributed by atoms with Gasteiger partial charge in [-0.3, -0.25) is 14.6 Å². The molecule has 3 aliphatic carbocycles. The Morgan fingerprint density at radius 2 is 2.23 bits per heavy atom. The number of Topliss-reactive ketones (excluding diaryl/α,β-unsaturated/α-hetero) is 1. The first-order chi connectivity index (χ1) is 15.0. The summed E-state index contributed by atoms with van der Waals surface area (Å²) < 4.78 is 14.4. The predicted molar refractivity (Wildman–Crippen MR) is 122 cm³/mol. The molecule has 3 unspecified atom stereocenters. The molecule has 4 nitrogen and oxygen atoms in total. The van der Waals surface area contributed by atoms with Gasteiger partial charge in [-0.1, -0.05) is 30.8 Å². The number of hydrogen-bond acceptors (Lipinski definition) is 4. The van der Waals surface area contributed by atoms with Crippen molar-refractivity contribution in [3.63, 3.8) is 0 Å². The second kappa shape index (κ2) is 8.34. The number of aliphatic imine (C=N–C) groups is 1. The van der Waals surface area contributed by atoms with E-state index in [1.54, 1.807) is 17.8 Å². The number of amides is 1. The van der Waals surface area contributed by atoms with Gasteiger partial charge in [0.25, 0.3) is 0 Å². The number of carbonyl (C=O) groups excluding carboxylic acids is 2. The third-order valence-corrected chi connectivity index (χ3v) is 9.27. The summed E-state index contributed by atoms with van der Waals surface area (Å²) >= 11 is 1.60. The highest BCUT2D eigenvalue weighted by Gasteiger charge is 2.58. The number of fused-ring (bicyclic) bond motifs is 5. The van der Waals surface area contributed by atoms with Gasteiger partial charge in [-0.05, 0) is 79.4 Å². The molecule has 2 saturated carbocycles. The summed E-state index contributed by atoms with van der Waals surface area (Å²) in [5.74, 6) is 2.82. The van der Waals surface area contributed by atoms with E-state index in [0.29, 0.717) is 42.3 Å². The van der Waals surface area contributed by atoms with Gasteiger partial charge in [-0.25, -0.2) is 4.39 Å². The van der Waals surface area contributed by atoms with E-state index in [1.807, 2.05) is 6.07 Å². The lowest BCUT2D eigenvalue weighted by atomic mass is 9.54. The van der Waals surface area contributed by atoms with Crippen LogP contribution in [0.15, 0.2) is 23.2 Å². The lowest BCUT2D eigenvalue weighted by Gasteiger charge is -2.50. The molecule has 4 aliphatic rings. The molecule has 1 aliphatic heterocycles. The van der Waals surface area contributed by atoms with Crippen molar-refractivity contribution < 1.29 is 14.0 Å². The molecular formula is C25H31FN2O2S. The number of thioether (sulfide) groups is 1. The molecule has 0 saturated heterocycles. The van der Waals surface area contributed by atoms with Gasteiger partial charge in [0, 0.05) is 24.0 Å². The Bertz CT molecular complexity index is 932. The molecule has 1 heterocycles. The lowest BCUT2D eigenvalue weighted by molar-refractivity contribution is -0.129. The van der Waals surface area contributed by atoms with E-state index in [4.69, 9.17) is 0 Å². The molecule has 5 atom stereocenters. The first-order valence-corrected chi connectivity index (χ1v) is 12.7. The Morgan fingerprint density at radius 3 is 3.03 bits per heavy atom. The fraction of sp³-hybridized carbons (Fsp3) is 0.640. The maximum Gasteiger partial charge on any atom is 0.225 e. The molecule has 0 aromatic heterocycles. The van der Waals surface area contributed by atoms with Gasteiger partial charge in [0.15, 0.2) is 5.17 Å². The molecule has 5 rings (SSSR count). The van der Waals surface area contributed by atoms with Crippen LogP contribution in [0.5, 0.6) is 0 Å². The van der Waals surface area contributed by atoms with Crippen molar-refractivity contribution in [1.82, 2.24) is 5.32 Å². The highest BCUT2D eigenvalue weighted by atomic mass is 32.2. The zero-order valence-electron chi connectivity index (χ0n) is 18.2. The van der Waals surface area contributed by atoms with Crippen LogP contribution in [0, 0.1) is 29.0 Å². The van der Waals surface area contributed by atoms with Gasteiger partial charge in [0.05, 0.1) is 6.54 Å². The summed E-state index contributed by atoms with van der Waals surface area (Å²) in [4.78, 5) is 29.6. The van der Waals surface area contributed by atoms with Crippen LogP contribution in [-0.2, 0) is 16.0 Å². The van der Waals surface area contributed by atoms with Crippen molar-refractivity contribution in [2.24, 2.45) is 28.2 Å². The third kappa shape index (κ3) is 3.75. The van der Waals surface area contributed by atoms with Crippen LogP contribution < -0.4 is 5.32 Å². The second-order valence-electron chi connectivity index (χ2n) is 9.96. The normalized spacial score (nSPS) is 34.0. The molecule has 0 bridgehead atoms. The highest BCUT2D eigenvalue weighted by Crippen LogP contribution is 2.62. The molecule has 2 fully saturated rings. The van der Waals surface area contributed by atoms with Crippen LogP contribution in [0.1, 0.15) is 68.9 Å². The number of carbonyl (C=O) groups is 2. The van der Waals surface area contributed by atoms with Crippen molar-refractivity contribution in [3.8, 4) is 0 Å². The quantitative estimate of drug-likeness (QED) is 0.724. The summed E-state index contributed by atoms with van der Waals surface area (Å²) in [7, 11) is 0. The number of hydrogen-bond donors (Lipinski definition) is 1. The number of amidine groups is 1. The van der Waals surface area contributed by atoms with Gasteiger partial charge in [0.1, 0.15) is 11.6 Å². The van der Waals surface area contributed by atoms with Gasteiger partial charge >= 0.3 is 0 Å². The first kappa shape index (κ1) is 21.2. The molecule has 31 heavy (non-hydrogen) atoms. The Hall–Kier alpha value is -1.69. The summed E-state index contributed by atoms with van der Waals surface area (Å²) in [5.41, 5.74) is 1.84. The predicted octanol–water partition coefficient (Wildman–Crippen LogP) is 4.87. The molecule has 1 N–H and O–H groups in total. The number of nitrogens with one attached hydrogen (secondary N) is 1. The topological polar surface area (TPSA) is 58.5 Å². The maximum absolute atomic E-state index is 14.4. The molecule has 0 spiro atoms. The minimum absolute atomic E-state index is 0.0313. The monoisotopic (exact) mass is 442 g/mol. The Balaban J connectivity index is 1.29.